The van der Waals surface area contributed by atoms with Crippen LogP contribution in [-0.4, -0.2) is 49.4 Å². The Bertz CT molecular complexity index is 1020. The molecule has 3 rings (SSSR count). The van der Waals surface area contributed by atoms with Crippen LogP contribution in [0.4, 0.5) is 11.4 Å². The van der Waals surface area contributed by atoms with Crippen LogP contribution >= 0.6 is 0 Å². The molecule has 0 saturated carbocycles. The summed E-state index contributed by atoms with van der Waals surface area (Å²) in [5, 5.41) is 12.6. The number of carbonyl (C=O) groups is 2. The molecule has 7 heteroatoms. The van der Waals surface area contributed by atoms with Crippen molar-refractivity contribution in [2.24, 2.45) is 5.92 Å². The molecule has 202 valence electrons. The number of carbonyl (C=O) groups excluding carboxylic acids is 1. The first kappa shape index (κ1) is 28.5. The minimum Gasteiger partial charge on any atom is -0.494 e. The van der Waals surface area contributed by atoms with Crippen molar-refractivity contribution in [1.29, 1.82) is 0 Å². The van der Waals surface area contributed by atoms with Gasteiger partial charge in [-0.1, -0.05) is 39.0 Å². The van der Waals surface area contributed by atoms with E-state index in [0.29, 0.717) is 25.0 Å². The molecule has 1 amide bonds. The number of anilines is 2. The highest BCUT2D eigenvalue weighted by Crippen LogP contribution is 2.35. The fourth-order valence-electron chi connectivity index (χ4n) is 4.95. The van der Waals surface area contributed by atoms with E-state index in [9.17, 15) is 14.7 Å². The van der Waals surface area contributed by atoms with E-state index in [2.05, 4.69) is 30.1 Å². The molecule has 1 aliphatic rings. The maximum absolute atomic E-state index is 13.2. The normalized spacial score (nSPS) is 14.8. The molecule has 37 heavy (non-hydrogen) atoms. The van der Waals surface area contributed by atoms with Gasteiger partial charge in [-0.3, -0.25) is 9.59 Å². The maximum Gasteiger partial charge on any atom is 0.303 e. The predicted octanol–water partition coefficient (Wildman–Crippen LogP) is 5.88. The Hall–Kier alpha value is -3.06. The number of hydrogen-bond donors (Lipinski definition) is 2. The van der Waals surface area contributed by atoms with Crippen LogP contribution in [0.15, 0.2) is 42.5 Å². The number of ether oxygens (including phenoxy) is 2. The SMILES string of the molecule is CCOc1ccc(CC(=O)Nc2cc(C(CC)CC(=O)O)ccc2N(CC(C)C)C2CCOCC2)cc1. The van der Waals surface area contributed by atoms with Crippen LogP contribution in [0.5, 0.6) is 5.75 Å². The summed E-state index contributed by atoms with van der Waals surface area (Å²) < 4.78 is 11.1. The number of benzene rings is 2. The second-order valence-electron chi connectivity index (χ2n) is 10.2. The molecule has 1 saturated heterocycles. The monoisotopic (exact) mass is 510 g/mol. The second kappa shape index (κ2) is 14.0. The first-order valence-corrected chi connectivity index (χ1v) is 13.5. The number of aliphatic carboxylic acids is 1. The van der Waals surface area contributed by atoms with Gasteiger partial charge in [-0.2, -0.15) is 0 Å². The lowest BCUT2D eigenvalue weighted by Crippen LogP contribution is -2.42. The molecule has 0 spiro atoms. The molecule has 1 atom stereocenters. The van der Waals surface area contributed by atoms with Crippen molar-refractivity contribution in [2.45, 2.75) is 71.8 Å². The van der Waals surface area contributed by atoms with Gasteiger partial charge in [-0.25, -0.2) is 0 Å². The zero-order valence-corrected chi connectivity index (χ0v) is 22.7. The van der Waals surface area contributed by atoms with Gasteiger partial charge in [0.1, 0.15) is 5.75 Å². The number of nitrogens with zero attached hydrogens (tertiary/aromatic N) is 1. The molecular weight excluding hydrogens is 468 g/mol. The summed E-state index contributed by atoms with van der Waals surface area (Å²) in [6.07, 6.45) is 2.88. The summed E-state index contributed by atoms with van der Waals surface area (Å²) in [6, 6.07) is 14.0. The van der Waals surface area contributed by atoms with E-state index >= 15 is 0 Å². The molecule has 0 aromatic heterocycles. The molecule has 1 heterocycles. The lowest BCUT2D eigenvalue weighted by Gasteiger charge is -2.38. The molecule has 0 aliphatic carbocycles. The number of nitrogens with one attached hydrogen (secondary N) is 1. The van der Waals surface area contributed by atoms with Gasteiger partial charge in [0.15, 0.2) is 0 Å². The van der Waals surface area contributed by atoms with E-state index in [1.165, 1.54) is 0 Å². The molecular formula is C30H42N2O5. The summed E-state index contributed by atoms with van der Waals surface area (Å²) in [5.41, 5.74) is 3.56. The molecule has 7 nitrogen and oxygen atoms in total. The minimum absolute atomic E-state index is 0.0606. The topological polar surface area (TPSA) is 88.1 Å². The second-order valence-corrected chi connectivity index (χ2v) is 10.2. The quantitative estimate of drug-likeness (QED) is 0.350. The third-order valence-corrected chi connectivity index (χ3v) is 6.78. The minimum atomic E-state index is -0.819. The van der Waals surface area contributed by atoms with Crippen LogP contribution in [0.3, 0.4) is 0 Å². The van der Waals surface area contributed by atoms with Gasteiger partial charge in [0.25, 0.3) is 0 Å². The van der Waals surface area contributed by atoms with Gasteiger partial charge in [-0.15, -0.1) is 0 Å². The molecule has 0 radical (unpaired) electrons. The van der Waals surface area contributed by atoms with Gasteiger partial charge in [-0.05, 0) is 73.4 Å². The summed E-state index contributed by atoms with van der Waals surface area (Å²) >= 11 is 0. The third kappa shape index (κ3) is 8.49. The van der Waals surface area contributed by atoms with Gasteiger partial charge in [0.05, 0.1) is 30.8 Å². The molecule has 1 unspecified atom stereocenters. The Morgan fingerprint density at radius 3 is 2.41 bits per heavy atom. The van der Waals surface area contributed by atoms with Crippen LogP contribution in [-0.2, 0) is 20.7 Å². The molecule has 2 aromatic carbocycles. The standard InChI is InChI=1S/C30H42N2O5/c1-5-23(19-30(34)35)24-9-12-28(32(20-21(3)4)25-13-15-36-16-14-25)27(18-24)31-29(33)17-22-7-10-26(11-8-22)37-6-2/h7-12,18,21,23,25H,5-6,13-17,19-20H2,1-4H3,(H,31,33)(H,34,35). The summed E-state index contributed by atoms with van der Waals surface area (Å²) in [4.78, 5) is 27.1. The van der Waals surface area contributed by atoms with E-state index < -0.39 is 5.97 Å². The third-order valence-electron chi connectivity index (χ3n) is 6.78. The first-order valence-electron chi connectivity index (χ1n) is 13.5. The van der Waals surface area contributed by atoms with E-state index in [-0.39, 0.29) is 24.7 Å². The number of carboxylic acids is 1. The Labute approximate surface area is 221 Å². The number of amides is 1. The summed E-state index contributed by atoms with van der Waals surface area (Å²) in [6.45, 7) is 11.3. The molecule has 2 aromatic rings. The molecule has 1 aliphatic heterocycles. The molecule has 0 bridgehead atoms. The van der Waals surface area contributed by atoms with Crippen molar-refractivity contribution in [3.63, 3.8) is 0 Å². The van der Waals surface area contributed by atoms with Crippen LogP contribution in [0, 0.1) is 5.92 Å². The maximum atomic E-state index is 13.2. The van der Waals surface area contributed by atoms with Crippen molar-refractivity contribution in [1.82, 2.24) is 0 Å². The largest absolute Gasteiger partial charge is 0.494 e. The van der Waals surface area contributed by atoms with E-state index in [4.69, 9.17) is 9.47 Å². The van der Waals surface area contributed by atoms with Gasteiger partial charge in [0, 0.05) is 25.8 Å². The lowest BCUT2D eigenvalue weighted by molar-refractivity contribution is -0.137. The van der Waals surface area contributed by atoms with Crippen molar-refractivity contribution < 1.29 is 24.2 Å². The lowest BCUT2D eigenvalue weighted by atomic mass is 9.92. The van der Waals surface area contributed by atoms with Gasteiger partial charge in [0.2, 0.25) is 5.91 Å². The number of hydrogen-bond acceptors (Lipinski definition) is 5. The highest BCUT2D eigenvalue weighted by Gasteiger charge is 2.26. The van der Waals surface area contributed by atoms with Crippen molar-refractivity contribution >= 4 is 23.3 Å². The number of carboxylic acid groups (broad SMARTS) is 1. The Balaban J connectivity index is 1.92. The zero-order valence-electron chi connectivity index (χ0n) is 22.7. The fourth-order valence-corrected chi connectivity index (χ4v) is 4.95. The number of rotatable bonds is 13. The van der Waals surface area contributed by atoms with E-state index in [0.717, 1.165) is 60.9 Å². The zero-order chi connectivity index (χ0) is 26.8. The smallest absolute Gasteiger partial charge is 0.303 e. The van der Waals surface area contributed by atoms with E-state index in [1.54, 1.807) is 0 Å². The van der Waals surface area contributed by atoms with Crippen molar-refractivity contribution in [3.8, 4) is 5.75 Å². The van der Waals surface area contributed by atoms with Crippen LogP contribution in [0.1, 0.15) is 70.4 Å². The average Bonchev–Trinajstić information content (AvgIpc) is 2.87. The molecule has 2 N–H and O–H groups in total. The Kier molecular flexibility index (Phi) is 10.8. The van der Waals surface area contributed by atoms with Crippen LogP contribution in [0.25, 0.3) is 0 Å². The fraction of sp³-hybridized carbons (Fsp3) is 0.533. The van der Waals surface area contributed by atoms with Crippen molar-refractivity contribution in [2.75, 3.05) is 36.6 Å². The predicted molar refractivity (Wildman–Crippen MR) is 148 cm³/mol. The highest BCUT2D eigenvalue weighted by atomic mass is 16.5. The Morgan fingerprint density at radius 1 is 1.11 bits per heavy atom. The van der Waals surface area contributed by atoms with Gasteiger partial charge >= 0.3 is 5.97 Å². The first-order chi connectivity index (χ1) is 17.8. The molecule has 1 fully saturated rings. The van der Waals surface area contributed by atoms with E-state index in [1.807, 2.05) is 50.2 Å². The average molecular weight is 511 g/mol. The van der Waals surface area contributed by atoms with Crippen LogP contribution in [0.2, 0.25) is 0 Å². The van der Waals surface area contributed by atoms with Crippen LogP contribution < -0.4 is 15.0 Å². The summed E-state index contributed by atoms with van der Waals surface area (Å²) in [5.74, 6) is 0.178. The summed E-state index contributed by atoms with van der Waals surface area (Å²) in [7, 11) is 0. The highest BCUT2D eigenvalue weighted by molar-refractivity contribution is 5.96. The Morgan fingerprint density at radius 2 is 1.81 bits per heavy atom. The van der Waals surface area contributed by atoms with Crippen molar-refractivity contribution in [3.05, 3.63) is 53.6 Å². The van der Waals surface area contributed by atoms with Gasteiger partial charge < -0.3 is 24.8 Å².